The molecule has 192 valence electrons. The highest BCUT2D eigenvalue weighted by molar-refractivity contribution is 5.94. The van der Waals surface area contributed by atoms with Crippen LogP contribution in [0.4, 0.5) is 10.5 Å². The van der Waals surface area contributed by atoms with Gasteiger partial charge < -0.3 is 24.2 Å². The van der Waals surface area contributed by atoms with Gasteiger partial charge in [-0.05, 0) is 70.2 Å². The first-order valence-corrected chi connectivity index (χ1v) is 13.6. The molecule has 4 atom stereocenters. The number of rotatable bonds is 5. The highest BCUT2D eigenvalue weighted by Gasteiger charge is 2.46. The molecular weight excluding hydrogens is 442 g/mol. The van der Waals surface area contributed by atoms with Crippen molar-refractivity contribution in [2.75, 3.05) is 37.7 Å². The molecule has 1 aromatic carbocycles. The van der Waals surface area contributed by atoms with E-state index in [4.69, 9.17) is 9.47 Å². The zero-order valence-corrected chi connectivity index (χ0v) is 21.6. The van der Waals surface area contributed by atoms with Gasteiger partial charge in [-0.15, -0.1) is 0 Å². The van der Waals surface area contributed by atoms with Gasteiger partial charge in [0.2, 0.25) is 5.91 Å². The molecular formula is C28H41N3O4. The number of anilines is 1. The van der Waals surface area contributed by atoms with Crippen LogP contribution >= 0.6 is 0 Å². The zero-order chi connectivity index (χ0) is 24.6. The first-order chi connectivity index (χ1) is 16.9. The van der Waals surface area contributed by atoms with Crippen LogP contribution in [0.1, 0.15) is 71.3 Å². The van der Waals surface area contributed by atoms with E-state index in [1.807, 2.05) is 15.9 Å². The van der Waals surface area contributed by atoms with Gasteiger partial charge in [0.15, 0.2) is 0 Å². The number of hydrogen-bond acceptors (Lipinski definition) is 5. The Labute approximate surface area is 209 Å². The molecule has 0 radical (unpaired) electrons. The lowest BCUT2D eigenvalue weighted by Gasteiger charge is -2.44. The maximum atomic E-state index is 13.0. The number of ether oxygens (including phenoxy) is 2. The van der Waals surface area contributed by atoms with Gasteiger partial charge in [0.05, 0.1) is 13.2 Å². The molecule has 0 N–H and O–H groups in total. The van der Waals surface area contributed by atoms with Crippen molar-refractivity contribution in [1.82, 2.24) is 9.80 Å². The largest absolute Gasteiger partial charge is 0.444 e. The number of piperidine rings is 1. The minimum atomic E-state index is -0.158. The number of likely N-dealkylation sites (tertiary alicyclic amines) is 2. The third kappa shape index (κ3) is 4.69. The molecule has 4 aliphatic heterocycles. The molecule has 5 rings (SSSR count). The van der Waals surface area contributed by atoms with Crippen molar-refractivity contribution >= 4 is 17.7 Å². The summed E-state index contributed by atoms with van der Waals surface area (Å²) in [5.74, 6) is 0.134. The van der Waals surface area contributed by atoms with Crippen molar-refractivity contribution in [1.29, 1.82) is 0 Å². The Morgan fingerprint density at radius 1 is 1.17 bits per heavy atom. The predicted octanol–water partition coefficient (Wildman–Crippen LogP) is 4.33. The number of amides is 2. The molecule has 0 saturated carbocycles. The van der Waals surface area contributed by atoms with Crippen molar-refractivity contribution in [2.45, 2.75) is 95.4 Å². The summed E-state index contributed by atoms with van der Waals surface area (Å²) in [7, 11) is 0. The highest BCUT2D eigenvalue weighted by atomic mass is 16.6. The number of nitrogens with zero attached hydrogens (tertiary/aromatic N) is 3. The van der Waals surface area contributed by atoms with Gasteiger partial charge in [-0.1, -0.05) is 25.1 Å². The van der Waals surface area contributed by atoms with Crippen LogP contribution in [0.2, 0.25) is 0 Å². The third-order valence-electron chi connectivity index (χ3n) is 9.05. The van der Waals surface area contributed by atoms with Crippen molar-refractivity contribution in [3.8, 4) is 0 Å². The second-order valence-electron chi connectivity index (χ2n) is 11.1. The molecule has 35 heavy (non-hydrogen) atoms. The number of carbonyl (C=O) groups is 2. The summed E-state index contributed by atoms with van der Waals surface area (Å²) in [6.07, 6.45) is 6.85. The van der Waals surface area contributed by atoms with E-state index in [2.05, 4.69) is 36.9 Å². The van der Waals surface area contributed by atoms with Crippen LogP contribution in [0.5, 0.6) is 0 Å². The SMILES string of the molecule is CCC(CC1CCC(C)N1C(=O)O[C@@H]1CCOC1)N1CCC2(CC1)CN(C(C)=O)c1ccccc12. The summed E-state index contributed by atoms with van der Waals surface area (Å²) in [5, 5.41) is 0. The van der Waals surface area contributed by atoms with Crippen molar-refractivity contribution in [3.63, 3.8) is 0 Å². The van der Waals surface area contributed by atoms with E-state index in [9.17, 15) is 9.59 Å². The van der Waals surface area contributed by atoms with Gasteiger partial charge in [0, 0.05) is 49.1 Å². The molecule has 1 aromatic rings. The Kier molecular flexibility index (Phi) is 7.09. The Hall–Kier alpha value is -2.12. The fourth-order valence-corrected chi connectivity index (χ4v) is 6.99. The number of fused-ring (bicyclic) bond motifs is 2. The van der Waals surface area contributed by atoms with Crippen LogP contribution in [0.25, 0.3) is 0 Å². The lowest BCUT2D eigenvalue weighted by molar-refractivity contribution is -0.116. The van der Waals surface area contributed by atoms with Crippen molar-refractivity contribution in [3.05, 3.63) is 29.8 Å². The zero-order valence-electron chi connectivity index (χ0n) is 21.6. The van der Waals surface area contributed by atoms with Crippen LogP contribution in [0.15, 0.2) is 24.3 Å². The third-order valence-corrected chi connectivity index (χ3v) is 9.05. The van der Waals surface area contributed by atoms with Gasteiger partial charge in [0.25, 0.3) is 0 Å². The van der Waals surface area contributed by atoms with Crippen LogP contribution < -0.4 is 4.90 Å². The van der Waals surface area contributed by atoms with Crippen molar-refractivity contribution < 1.29 is 19.1 Å². The fourth-order valence-electron chi connectivity index (χ4n) is 6.99. The molecule has 1 spiro atoms. The van der Waals surface area contributed by atoms with Gasteiger partial charge in [-0.25, -0.2) is 4.79 Å². The van der Waals surface area contributed by atoms with Crippen LogP contribution in [0.3, 0.4) is 0 Å². The molecule has 3 unspecified atom stereocenters. The Balaban J connectivity index is 1.23. The molecule has 3 saturated heterocycles. The summed E-state index contributed by atoms with van der Waals surface area (Å²) in [4.78, 5) is 32.0. The van der Waals surface area contributed by atoms with E-state index in [0.717, 1.165) is 70.3 Å². The standard InChI is InChI=1S/C28H41N3O4/c1-4-22(17-23-10-9-20(2)31(23)27(33)35-24-11-16-34-18-24)29-14-12-28(13-15-29)19-30(21(3)32)26-8-6-5-7-25(26)28/h5-8,20,22-24H,4,9-19H2,1-3H3/t20?,22?,23?,24-/m1/s1. The van der Waals surface area contributed by atoms with E-state index < -0.39 is 0 Å². The highest BCUT2D eigenvalue weighted by Crippen LogP contribution is 2.47. The van der Waals surface area contributed by atoms with Crippen LogP contribution in [0, 0.1) is 0 Å². The van der Waals surface area contributed by atoms with Crippen molar-refractivity contribution in [2.24, 2.45) is 0 Å². The Morgan fingerprint density at radius 2 is 1.94 bits per heavy atom. The average Bonchev–Trinajstić information content (AvgIpc) is 3.57. The minimum Gasteiger partial charge on any atom is -0.444 e. The van der Waals surface area contributed by atoms with Gasteiger partial charge in [-0.2, -0.15) is 0 Å². The van der Waals surface area contributed by atoms with Gasteiger partial charge in [-0.3, -0.25) is 4.79 Å². The quantitative estimate of drug-likeness (QED) is 0.624. The molecule has 7 nitrogen and oxygen atoms in total. The second kappa shape index (κ2) is 10.1. The molecule has 0 aromatic heterocycles. The van der Waals surface area contributed by atoms with Crippen LogP contribution in [-0.2, 0) is 19.7 Å². The predicted molar refractivity (Wildman–Crippen MR) is 136 cm³/mol. The first-order valence-electron chi connectivity index (χ1n) is 13.6. The molecule has 2 amide bonds. The number of para-hydroxylation sites is 1. The average molecular weight is 484 g/mol. The normalized spacial score (nSPS) is 28.9. The monoisotopic (exact) mass is 483 g/mol. The second-order valence-corrected chi connectivity index (χ2v) is 11.1. The Bertz CT molecular complexity index is 923. The Morgan fingerprint density at radius 3 is 2.63 bits per heavy atom. The van der Waals surface area contributed by atoms with Crippen LogP contribution in [-0.4, -0.2) is 78.9 Å². The molecule has 4 heterocycles. The lowest BCUT2D eigenvalue weighted by Crippen LogP contribution is -2.51. The van der Waals surface area contributed by atoms with Gasteiger partial charge in [0.1, 0.15) is 6.10 Å². The topological polar surface area (TPSA) is 62.3 Å². The van der Waals surface area contributed by atoms with E-state index in [0.29, 0.717) is 19.3 Å². The summed E-state index contributed by atoms with van der Waals surface area (Å²) < 4.78 is 11.2. The minimum absolute atomic E-state index is 0.0676. The smallest absolute Gasteiger partial charge is 0.410 e. The van der Waals surface area contributed by atoms with E-state index in [1.54, 1.807) is 6.92 Å². The maximum absolute atomic E-state index is 13.0. The van der Waals surface area contributed by atoms with E-state index in [1.165, 1.54) is 5.56 Å². The van der Waals surface area contributed by atoms with Gasteiger partial charge >= 0.3 is 6.09 Å². The summed E-state index contributed by atoms with van der Waals surface area (Å²) in [6.45, 7) is 10.2. The summed E-state index contributed by atoms with van der Waals surface area (Å²) in [6, 6.07) is 9.38. The maximum Gasteiger partial charge on any atom is 0.410 e. The van der Waals surface area contributed by atoms with E-state index >= 15 is 0 Å². The summed E-state index contributed by atoms with van der Waals surface area (Å²) in [5.41, 5.74) is 2.51. The molecule has 0 aliphatic carbocycles. The number of benzene rings is 1. The summed E-state index contributed by atoms with van der Waals surface area (Å²) >= 11 is 0. The fraction of sp³-hybridized carbons (Fsp3) is 0.714. The lowest BCUT2D eigenvalue weighted by atomic mass is 9.74. The van der Waals surface area contributed by atoms with E-state index in [-0.39, 0.29) is 35.6 Å². The molecule has 4 aliphatic rings. The number of carbonyl (C=O) groups excluding carboxylic acids is 2. The molecule has 7 heteroatoms. The first kappa shape index (κ1) is 24.6. The molecule has 0 bridgehead atoms. The number of hydrogen-bond donors (Lipinski definition) is 0. The molecule has 3 fully saturated rings.